The summed E-state index contributed by atoms with van der Waals surface area (Å²) in [6, 6.07) is 8.18. The van der Waals surface area contributed by atoms with Crippen LogP contribution in [-0.2, 0) is 19.6 Å². The molecule has 0 bridgehead atoms. The van der Waals surface area contributed by atoms with Gasteiger partial charge in [0, 0.05) is 0 Å². The maximum atomic E-state index is 12.9. The third kappa shape index (κ3) is 2.99. The lowest BCUT2D eigenvalue weighted by molar-refractivity contribution is -0.127. The summed E-state index contributed by atoms with van der Waals surface area (Å²) in [5, 5.41) is 2.33. The highest BCUT2D eigenvalue weighted by molar-refractivity contribution is 7.99. The first-order chi connectivity index (χ1) is 10.6. The molecular weight excluding hydrogens is 318 g/mol. The fraction of sp³-hybridized carbons (Fsp3) is 0.333. The Kier molecular flexibility index (Phi) is 4.32. The molecule has 0 spiro atoms. The van der Waals surface area contributed by atoms with Gasteiger partial charge in [-0.3, -0.25) is 9.59 Å². The second-order valence-corrected chi connectivity index (χ2v) is 7.79. The molecule has 0 fully saturated rings. The molecule has 3 N–H and O–H groups in total. The number of amides is 2. The van der Waals surface area contributed by atoms with E-state index >= 15 is 0 Å². The molecule has 0 saturated carbocycles. The summed E-state index contributed by atoms with van der Waals surface area (Å²) in [7, 11) is -4.08. The summed E-state index contributed by atoms with van der Waals surface area (Å²) in [5.41, 5.74) is 4.36. The molecule has 1 heterocycles. The van der Waals surface area contributed by atoms with Crippen LogP contribution >= 0.6 is 0 Å². The molecule has 0 unspecified atom stereocenters. The van der Waals surface area contributed by atoms with E-state index in [-0.39, 0.29) is 17.1 Å². The van der Waals surface area contributed by atoms with E-state index in [4.69, 9.17) is 5.73 Å². The SMILES string of the molecule is CC(C)(C)N1C(=O)C(NC(=O)CN)=C(c2ccccc2)S1(=O)=O. The molecule has 1 aromatic carbocycles. The predicted octanol–water partition coefficient (Wildman–Crippen LogP) is 0.401. The van der Waals surface area contributed by atoms with E-state index in [2.05, 4.69) is 5.32 Å². The zero-order chi connectivity index (χ0) is 17.4. The van der Waals surface area contributed by atoms with Crippen LogP contribution in [0.3, 0.4) is 0 Å². The van der Waals surface area contributed by atoms with Gasteiger partial charge in [-0.1, -0.05) is 30.3 Å². The van der Waals surface area contributed by atoms with Crippen molar-refractivity contribution in [2.24, 2.45) is 5.73 Å². The summed E-state index contributed by atoms with van der Waals surface area (Å²) in [5.74, 6) is -1.40. The third-order valence-corrected chi connectivity index (χ3v) is 5.37. The predicted molar refractivity (Wildman–Crippen MR) is 86.1 cm³/mol. The van der Waals surface area contributed by atoms with Crippen molar-refractivity contribution in [1.82, 2.24) is 9.62 Å². The Labute approximate surface area is 135 Å². The number of benzene rings is 1. The molecular formula is C15H19N3O4S. The monoisotopic (exact) mass is 337 g/mol. The van der Waals surface area contributed by atoms with Gasteiger partial charge in [-0.2, -0.15) is 0 Å². The molecule has 0 aromatic heterocycles. The van der Waals surface area contributed by atoms with Gasteiger partial charge in [0.25, 0.3) is 15.9 Å². The largest absolute Gasteiger partial charge is 0.322 e. The van der Waals surface area contributed by atoms with E-state index in [1.54, 1.807) is 51.1 Å². The van der Waals surface area contributed by atoms with Gasteiger partial charge in [-0.25, -0.2) is 12.7 Å². The molecule has 1 aliphatic heterocycles. The number of hydrogen-bond acceptors (Lipinski definition) is 5. The van der Waals surface area contributed by atoms with E-state index in [0.29, 0.717) is 5.56 Å². The highest BCUT2D eigenvalue weighted by atomic mass is 32.2. The molecule has 0 saturated heterocycles. The molecule has 23 heavy (non-hydrogen) atoms. The average Bonchev–Trinajstić information content (AvgIpc) is 2.65. The molecule has 8 heteroatoms. The van der Waals surface area contributed by atoms with E-state index in [9.17, 15) is 18.0 Å². The number of nitrogens with two attached hydrogens (primary N) is 1. The number of rotatable bonds is 3. The van der Waals surface area contributed by atoms with Crippen LogP contribution in [0.2, 0.25) is 0 Å². The van der Waals surface area contributed by atoms with E-state index < -0.39 is 27.4 Å². The Balaban J connectivity index is 2.71. The standard InChI is InChI=1S/C15H19N3O4S/c1-15(2,3)18-14(20)12(17-11(19)9-16)13(23(18,21)22)10-7-5-4-6-8-10/h4-8H,9,16H2,1-3H3,(H,17,19). The van der Waals surface area contributed by atoms with Crippen LogP contribution in [0.15, 0.2) is 36.0 Å². The third-order valence-electron chi connectivity index (χ3n) is 3.22. The fourth-order valence-corrected chi connectivity index (χ4v) is 4.42. The van der Waals surface area contributed by atoms with Crippen molar-refractivity contribution in [1.29, 1.82) is 0 Å². The number of sulfonamides is 1. The van der Waals surface area contributed by atoms with Gasteiger partial charge in [0.15, 0.2) is 0 Å². The topological polar surface area (TPSA) is 110 Å². The lowest BCUT2D eigenvalue weighted by Crippen LogP contribution is -2.47. The summed E-state index contributed by atoms with van der Waals surface area (Å²) < 4.78 is 26.6. The maximum Gasteiger partial charge on any atom is 0.286 e. The second-order valence-electron chi connectivity index (χ2n) is 6.07. The normalized spacial score (nSPS) is 17.6. The van der Waals surface area contributed by atoms with Crippen LogP contribution in [-0.4, -0.2) is 36.6 Å². The van der Waals surface area contributed by atoms with Gasteiger partial charge in [-0.15, -0.1) is 0 Å². The Bertz CT molecular complexity index is 777. The molecule has 124 valence electrons. The molecule has 0 radical (unpaired) electrons. The molecule has 1 aliphatic rings. The smallest absolute Gasteiger partial charge is 0.286 e. The van der Waals surface area contributed by atoms with Crippen molar-refractivity contribution in [2.75, 3.05) is 6.54 Å². The highest BCUT2D eigenvalue weighted by Crippen LogP contribution is 2.38. The Morgan fingerprint density at radius 3 is 2.26 bits per heavy atom. The summed E-state index contributed by atoms with van der Waals surface area (Å²) in [6.07, 6.45) is 0. The summed E-state index contributed by atoms with van der Waals surface area (Å²) in [6.45, 7) is 4.48. The Morgan fingerprint density at radius 1 is 1.22 bits per heavy atom. The minimum Gasteiger partial charge on any atom is -0.322 e. The minimum absolute atomic E-state index is 0.208. The van der Waals surface area contributed by atoms with Crippen LogP contribution in [0.5, 0.6) is 0 Å². The van der Waals surface area contributed by atoms with Crippen molar-refractivity contribution in [3.8, 4) is 0 Å². The van der Waals surface area contributed by atoms with Gasteiger partial charge in [-0.05, 0) is 26.3 Å². The number of nitrogens with zero attached hydrogens (tertiary/aromatic N) is 1. The molecule has 0 aliphatic carbocycles. The van der Waals surface area contributed by atoms with Gasteiger partial charge in [0.05, 0.1) is 12.1 Å². The van der Waals surface area contributed by atoms with Gasteiger partial charge in [0.1, 0.15) is 10.6 Å². The Hall–Kier alpha value is -2.19. The fourth-order valence-electron chi connectivity index (χ4n) is 2.38. The number of nitrogens with one attached hydrogen (secondary N) is 1. The van der Waals surface area contributed by atoms with E-state index in [1.165, 1.54) is 0 Å². The van der Waals surface area contributed by atoms with Crippen LogP contribution in [0, 0.1) is 0 Å². The van der Waals surface area contributed by atoms with Crippen molar-refractivity contribution in [3.05, 3.63) is 41.6 Å². The lowest BCUT2D eigenvalue weighted by Gasteiger charge is -2.30. The zero-order valence-electron chi connectivity index (χ0n) is 13.2. The highest BCUT2D eigenvalue weighted by Gasteiger charge is 2.49. The number of hydrogen-bond donors (Lipinski definition) is 2. The Morgan fingerprint density at radius 2 is 1.78 bits per heavy atom. The van der Waals surface area contributed by atoms with Crippen LogP contribution < -0.4 is 11.1 Å². The van der Waals surface area contributed by atoms with Crippen molar-refractivity contribution >= 4 is 26.7 Å². The summed E-state index contributed by atoms with van der Waals surface area (Å²) >= 11 is 0. The zero-order valence-corrected chi connectivity index (χ0v) is 14.0. The molecule has 7 nitrogen and oxygen atoms in total. The van der Waals surface area contributed by atoms with Gasteiger partial charge in [0.2, 0.25) is 5.91 Å². The van der Waals surface area contributed by atoms with Crippen LogP contribution in [0.1, 0.15) is 26.3 Å². The first-order valence-electron chi connectivity index (χ1n) is 7.00. The summed E-state index contributed by atoms with van der Waals surface area (Å²) in [4.78, 5) is 24.0. The number of carbonyl (C=O) groups excluding carboxylic acids is 2. The minimum atomic E-state index is -4.08. The average molecular weight is 337 g/mol. The van der Waals surface area contributed by atoms with Crippen LogP contribution in [0.4, 0.5) is 0 Å². The van der Waals surface area contributed by atoms with Gasteiger partial charge >= 0.3 is 0 Å². The maximum absolute atomic E-state index is 12.9. The first-order valence-corrected chi connectivity index (χ1v) is 8.44. The van der Waals surface area contributed by atoms with Crippen molar-refractivity contribution in [3.63, 3.8) is 0 Å². The molecule has 1 aromatic rings. The molecule has 2 rings (SSSR count). The van der Waals surface area contributed by atoms with E-state index in [0.717, 1.165) is 4.31 Å². The second kappa shape index (κ2) is 5.78. The quantitative estimate of drug-likeness (QED) is 0.830. The van der Waals surface area contributed by atoms with Crippen molar-refractivity contribution < 1.29 is 18.0 Å². The molecule has 0 atom stereocenters. The van der Waals surface area contributed by atoms with E-state index in [1.807, 2.05) is 0 Å². The first kappa shape index (κ1) is 17.2. The van der Waals surface area contributed by atoms with Crippen LogP contribution in [0.25, 0.3) is 4.91 Å². The number of carbonyl (C=O) groups is 2. The lowest BCUT2D eigenvalue weighted by atomic mass is 10.1. The van der Waals surface area contributed by atoms with Crippen molar-refractivity contribution in [2.45, 2.75) is 26.3 Å². The van der Waals surface area contributed by atoms with Gasteiger partial charge < -0.3 is 11.1 Å². The molecule has 2 amide bonds.